The molecule has 0 bridgehead atoms. The van der Waals surface area contributed by atoms with Gasteiger partial charge in [-0.05, 0) is 24.5 Å². The van der Waals surface area contributed by atoms with E-state index in [-0.39, 0.29) is 11.7 Å². The lowest BCUT2D eigenvalue weighted by molar-refractivity contribution is 0.496. The van der Waals surface area contributed by atoms with Crippen LogP contribution in [-0.2, 0) is 0 Å². The number of hydrogen-bond donors (Lipinski definition) is 2. The summed E-state index contributed by atoms with van der Waals surface area (Å²) in [7, 11) is 0. The first-order valence-electron chi connectivity index (χ1n) is 5.56. The average Bonchev–Trinajstić information content (AvgIpc) is 2.23. The van der Waals surface area contributed by atoms with Gasteiger partial charge in [0.1, 0.15) is 0 Å². The quantitative estimate of drug-likeness (QED) is 0.809. The number of fused-ring (bicyclic) bond motifs is 1. The van der Waals surface area contributed by atoms with Gasteiger partial charge in [0.15, 0.2) is 11.6 Å². The first kappa shape index (κ1) is 11.2. The van der Waals surface area contributed by atoms with Gasteiger partial charge >= 0.3 is 0 Å². The second kappa shape index (κ2) is 4.28. The van der Waals surface area contributed by atoms with Crippen LogP contribution in [0.1, 0.15) is 20.3 Å². The monoisotopic (exact) mass is 226 g/mol. The molecule has 0 saturated heterocycles. The van der Waals surface area contributed by atoms with Gasteiger partial charge in [0.05, 0.1) is 11.4 Å². The third-order valence-electron chi connectivity index (χ3n) is 2.74. The highest BCUT2D eigenvalue weighted by molar-refractivity contribution is 5.72. The van der Waals surface area contributed by atoms with Crippen molar-refractivity contribution in [3.8, 4) is 0 Å². The van der Waals surface area contributed by atoms with Crippen LogP contribution < -0.4 is 10.6 Å². The summed E-state index contributed by atoms with van der Waals surface area (Å²) in [6, 6.07) is 2.86. The number of halogens is 2. The molecule has 1 aromatic carbocycles. The molecule has 1 atom stereocenters. The van der Waals surface area contributed by atoms with E-state index in [0.717, 1.165) is 19.0 Å². The van der Waals surface area contributed by atoms with Crippen LogP contribution in [0.15, 0.2) is 12.1 Å². The Hall–Kier alpha value is -1.32. The van der Waals surface area contributed by atoms with E-state index in [1.165, 1.54) is 0 Å². The van der Waals surface area contributed by atoms with Crippen LogP contribution in [0, 0.1) is 17.6 Å². The average molecular weight is 226 g/mol. The molecule has 4 heteroatoms. The van der Waals surface area contributed by atoms with Crippen LogP contribution in [0.3, 0.4) is 0 Å². The fourth-order valence-corrected chi connectivity index (χ4v) is 2.04. The van der Waals surface area contributed by atoms with Crippen molar-refractivity contribution in [2.75, 3.05) is 17.2 Å². The molecule has 0 radical (unpaired) electrons. The standard InChI is InChI=1S/C12H16F2N2/c1-7(2)5-8-6-15-10-4-3-9(13)11(14)12(10)16-8/h3-4,7-8,15-16H,5-6H2,1-2H3. The molecule has 1 heterocycles. The van der Waals surface area contributed by atoms with E-state index >= 15 is 0 Å². The van der Waals surface area contributed by atoms with Gasteiger partial charge in [-0.25, -0.2) is 8.78 Å². The topological polar surface area (TPSA) is 24.1 Å². The number of rotatable bonds is 2. The maximum Gasteiger partial charge on any atom is 0.183 e. The van der Waals surface area contributed by atoms with Crippen molar-refractivity contribution in [2.24, 2.45) is 5.92 Å². The molecule has 1 aromatic rings. The van der Waals surface area contributed by atoms with Gasteiger partial charge in [0.2, 0.25) is 0 Å². The lowest BCUT2D eigenvalue weighted by atomic mass is 10.0. The molecule has 1 unspecified atom stereocenters. The Balaban J connectivity index is 2.22. The van der Waals surface area contributed by atoms with E-state index in [0.29, 0.717) is 11.6 Å². The number of hydrogen-bond acceptors (Lipinski definition) is 2. The molecule has 2 nitrogen and oxygen atoms in total. The number of benzene rings is 1. The molecule has 1 aliphatic heterocycles. The second-order valence-corrected chi connectivity index (χ2v) is 4.64. The van der Waals surface area contributed by atoms with Gasteiger partial charge in [0.25, 0.3) is 0 Å². The predicted octanol–water partition coefficient (Wildman–Crippen LogP) is 3.22. The third-order valence-corrected chi connectivity index (χ3v) is 2.74. The Morgan fingerprint density at radius 3 is 2.81 bits per heavy atom. The van der Waals surface area contributed by atoms with E-state index in [2.05, 4.69) is 24.5 Å². The molecule has 0 aliphatic carbocycles. The van der Waals surface area contributed by atoms with Gasteiger partial charge in [-0.2, -0.15) is 0 Å². The lowest BCUT2D eigenvalue weighted by Gasteiger charge is -2.29. The van der Waals surface area contributed by atoms with E-state index in [4.69, 9.17) is 0 Å². The number of anilines is 2. The Kier molecular flexibility index (Phi) is 2.99. The van der Waals surface area contributed by atoms with Crippen molar-refractivity contribution in [2.45, 2.75) is 26.3 Å². The molecule has 0 amide bonds. The fraction of sp³-hybridized carbons (Fsp3) is 0.500. The Labute approximate surface area is 94.0 Å². The summed E-state index contributed by atoms with van der Waals surface area (Å²) in [6.45, 7) is 4.97. The Bertz CT molecular complexity index is 391. The number of nitrogens with one attached hydrogen (secondary N) is 2. The Morgan fingerprint density at radius 1 is 1.38 bits per heavy atom. The minimum absolute atomic E-state index is 0.156. The molecule has 0 saturated carbocycles. The molecule has 0 fully saturated rings. The summed E-state index contributed by atoms with van der Waals surface area (Å²) < 4.78 is 26.6. The molecule has 88 valence electrons. The van der Waals surface area contributed by atoms with Gasteiger partial charge in [-0.15, -0.1) is 0 Å². The maximum absolute atomic E-state index is 13.5. The van der Waals surface area contributed by atoms with Crippen LogP contribution in [0.5, 0.6) is 0 Å². The lowest BCUT2D eigenvalue weighted by Crippen LogP contribution is -2.34. The van der Waals surface area contributed by atoms with Crippen LogP contribution in [-0.4, -0.2) is 12.6 Å². The predicted molar refractivity (Wildman–Crippen MR) is 61.7 cm³/mol. The third kappa shape index (κ3) is 2.10. The normalized spacial score (nSPS) is 18.9. The van der Waals surface area contributed by atoms with Crippen molar-refractivity contribution in [3.05, 3.63) is 23.8 Å². The van der Waals surface area contributed by atoms with Crippen molar-refractivity contribution in [1.82, 2.24) is 0 Å². The molecular weight excluding hydrogens is 210 g/mol. The van der Waals surface area contributed by atoms with Crippen molar-refractivity contribution in [1.29, 1.82) is 0 Å². The summed E-state index contributed by atoms with van der Waals surface area (Å²) in [5.41, 5.74) is 0.899. The summed E-state index contributed by atoms with van der Waals surface area (Å²) in [5.74, 6) is -1.07. The first-order valence-corrected chi connectivity index (χ1v) is 5.56. The Morgan fingerprint density at radius 2 is 2.12 bits per heavy atom. The van der Waals surface area contributed by atoms with E-state index in [1.54, 1.807) is 6.07 Å². The van der Waals surface area contributed by atoms with Gasteiger partial charge in [0, 0.05) is 12.6 Å². The van der Waals surface area contributed by atoms with E-state index in [9.17, 15) is 8.78 Å². The van der Waals surface area contributed by atoms with Gasteiger partial charge in [-0.3, -0.25) is 0 Å². The molecule has 2 N–H and O–H groups in total. The molecule has 0 aromatic heterocycles. The maximum atomic E-state index is 13.5. The SMILES string of the molecule is CC(C)CC1CNc2ccc(F)c(F)c2N1. The summed E-state index contributed by atoms with van der Waals surface area (Å²) in [5, 5.41) is 6.18. The summed E-state index contributed by atoms with van der Waals surface area (Å²) >= 11 is 0. The summed E-state index contributed by atoms with van der Waals surface area (Å²) in [4.78, 5) is 0. The summed E-state index contributed by atoms with van der Waals surface area (Å²) in [6.07, 6.45) is 0.933. The molecule has 1 aliphatic rings. The zero-order chi connectivity index (χ0) is 11.7. The molecule has 16 heavy (non-hydrogen) atoms. The van der Waals surface area contributed by atoms with Crippen molar-refractivity contribution >= 4 is 11.4 Å². The highest BCUT2D eigenvalue weighted by Crippen LogP contribution is 2.31. The molecular formula is C12H16F2N2. The van der Waals surface area contributed by atoms with E-state index in [1.807, 2.05) is 0 Å². The highest BCUT2D eigenvalue weighted by atomic mass is 19.2. The van der Waals surface area contributed by atoms with Gasteiger partial charge in [-0.1, -0.05) is 13.8 Å². The highest BCUT2D eigenvalue weighted by Gasteiger charge is 2.22. The first-order chi connectivity index (χ1) is 7.58. The zero-order valence-electron chi connectivity index (χ0n) is 9.48. The van der Waals surface area contributed by atoms with E-state index < -0.39 is 11.6 Å². The minimum Gasteiger partial charge on any atom is -0.381 e. The van der Waals surface area contributed by atoms with Crippen LogP contribution in [0.2, 0.25) is 0 Å². The van der Waals surface area contributed by atoms with Crippen LogP contribution in [0.4, 0.5) is 20.2 Å². The molecule has 0 spiro atoms. The zero-order valence-corrected chi connectivity index (χ0v) is 9.48. The largest absolute Gasteiger partial charge is 0.381 e. The fourth-order valence-electron chi connectivity index (χ4n) is 2.04. The minimum atomic E-state index is -0.807. The van der Waals surface area contributed by atoms with Crippen LogP contribution in [0.25, 0.3) is 0 Å². The molecule has 2 rings (SSSR count). The van der Waals surface area contributed by atoms with Crippen molar-refractivity contribution in [3.63, 3.8) is 0 Å². The van der Waals surface area contributed by atoms with Gasteiger partial charge < -0.3 is 10.6 Å². The van der Waals surface area contributed by atoms with Crippen LogP contribution >= 0.6 is 0 Å². The smallest absolute Gasteiger partial charge is 0.183 e. The second-order valence-electron chi connectivity index (χ2n) is 4.64. The van der Waals surface area contributed by atoms with Crippen molar-refractivity contribution < 1.29 is 8.78 Å².